The van der Waals surface area contributed by atoms with E-state index < -0.39 is 0 Å². The largest absolute Gasteiger partial charge is 0.379 e. The van der Waals surface area contributed by atoms with Crippen molar-refractivity contribution in [2.45, 2.75) is 52.1 Å². The minimum atomic E-state index is -0.0903. The minimum Gasteiger partial charge on any atom is -0.379 e. The lowest BCUT2D eigenvalue weighted by Gasteiger charge is -2.10. The number of amides is 1. The minimum absolute atomic E-state index is 0.0903. The van der Waals surface area contributed by atoms with Gasteiger partial charge >= 0.3 is 0 Å². The maximum atomic E-state index is 13.0. The Bertz CT molecular complexity index is 1010. The van der Waals surface area contributed by atoms with Gasteiger partial charge in [-0.25, -0.2) is 9.97 Å². The summed E-state index contributed by atoms with van der Waals surface area (Å²) in [5.74, 6) is 1.04. The lowest BCUT2D eigenvalue weighted by atomic mass is 10.1. The topological polar surface area (TPSA) is 81.9 Å². The van der Waals surface area contributed by atoms with Crippen molar-refractivity contribution < 1.29 is 9.53 Å². The summed E-state index contributed by atoms with van der Waals surface area (Å²) in [5.41, 5.74) is 3.07. The molecule has 1 fully saturated rings. The molecule has 0 bridgehead atoms. The Morgan fingerprint density at radius 1 is 1.34 bits per heavy atom. The van der Waals surface area contributed by atoms with E-state index in [2.05, 4.69) is 15.4 Å². The first-order valence-corrected chi connectivity index (χ1v) is 10.3. The lowest BCUT2D eigenvalue weighted by molar-refractivity contribution is 0.0757. The van der Waals surface area contributed by atoms with Gasteiger partial charge in [-0.3, -0.25) is 4.79 Å². The van der Waals surface area contributed by atoms with Gasteiger partial charge in [0.25, 0.3) is 5.91 Å². The maximum Gasteiger partial charge on any atom is 0.252 e. The third-order valence-electron chi connectivity index (χ3n) is 5.00. The van der Waals surface area contributed by atoms with Crippen LogP contribution in [-0.4, -0.2) is 44.9 Å². The van der Waals surface area contributed by atoms with E-state index in [4.69, 9.17) is 9.72 Å². The van der Waals surface area contributed by atoms with Gasteiger partial charge in [-0.1, -0.05) is 6.07 Å². The quantitative estimate of drug-likeness (QED) is 0.592. The first-order valence-electron chi connectivity index (χ1n) is 10.3. The molecule has 4 rings (SSSR count). The number of ether oxygens (including phenoxy) is 1. The van der Waals surface area contributed by atoms with Crippen molar-refractivity contribution in [2.75, 3.05) is 13.2 Å². The van der Waals surface area contributed by atoms with Crippen molar-refractivity contribution in [3.05, 3.63) is 47.4 Å². The predicted octanol–water partition coefficient (Wildman–Crippen LogP) is 3.55. The molecule has 0 radical (unpaired) electrons. The highest BCUT2D eigenvalue weighted by Crippen LogP contribution is 2.40. The molecule has 1 aliphatic rings. The number of nitrogens with zero attached hydrogens (tertiary/aromatic N) is 4. The third kappa shape index (κ3) is 4.29. The summed E-state index contributed by atoms with van der Waals surface area (Å²) >= 11 is 0. The number of pyridine rings is 2. The van der Waals surface area contributed by atoms with E-state index in [1.807, 2.05) is 45.0 Å². The van der Waals surface area contributed by atoms with E-state index in [0.717, 1.165) is 36.0 Å². The molecule has 0 aromatic carbocycles. The lowest BCUT2D eigenvalue weighted by Crippen LogP contribution is -2.26. The Hall–Kier alpha value is -2.80. The Kier molecular flexibility index (Phi) is 5.58. The molecule has 7 heteroatoms. The third-order valence-corrected chi connectivity index (χ3v) is 5.00. The number of aromatic nitrogens is 4. The number of aryl methyl sites for hydroxylation is 1. The van der Waals surface area contributed by atoms with E-state index in [-0.39, 0.29) is 12.0 Å². The van der Waals surface area contributed by atoms with E-state index >= 15 is 0 Å². The molecule has 1 saturated carbocycles. The van der Waals surface area contributed by atoms with Crippen molar-refractivity contribution in [1.29, 1.82) is 0 Å². The smallest absolute Gasteiger partial charge is 0.252 e. The molecule has 152 valence electrons. The molecule has 7 nitrogen and oxygen atoms in total. The van der Waals surface area contributed by atoms with Crippen LogP contribution in [0.5, 0.6) is 0 Å². The van der Waals surface area contributed by atoms with Crippen LogP contribution in [0.25, 0.3) is 16.9 Å². The molecular formula is C22H27N5O2. The number of carbonyl (C=O) groups excluding carboxylic acids is 1. The number of fused-ring (bicyclic) bond motifs is 1. The highest BCUT2D eigenvalue weighted by atomic mass is 16.5. The fraction of sp³-hybridized carbons (Fsp3) is 0.455. The Labute approximate surface area is 170 Å². The van der Waals surface area contributed by atoms with Crippen LogP contribution in [0, 0.1) is 6.92 Å². The monoisotopic (exact) mass is 393 g/mol. The standard InChI is InChI=1S/C22H27N5O2/c1-14(2)29-12-6-11-24-22(28)17-13-18(16-8-9-16)25-21-20(17)15(3)26-27(21)19-7-4-5-10-23-19/h4-5,7,10,13-14,16H,6,8-9,11-12H2,1-3H3,(H,24,28). The second-order valence-corrected chi connectivity index (χ2v) is 7.78. The number of hydrogen-bond donors (Lipinski definition) is 1. The van der Waals surface area contributed by atoms with Crippen molar-refractivity contribution in [1.82, 2.24) is 25.1 Å². The molecule has 0 saturated heterocycles. The van der Waals surface area contributed by atoms with Crippen LogP contribution in [0.15, 0.2) is 30.5 Å². The maximum absolute atomic E-state index is 13.0. The molecule has 0 aliphatic heterocycles. The van der Waals surface area contributed by atoms with Crippen LogP contribution in [0.1, 0.15) is 60.8 Å². The van der Waals surface area contributed by atoms with Gasteiger partial charge in [-0.05, 0) is 58.2 Å². The van der Waals surface area contributed by atoms with Crippen molar-refractivity contribution in [2.24, 2.45) is 0 Å². The number of carbonyl (C=O) groups is 1. The first-order chi connectivity index (χ1) is 14.0. The van der Waals surface area contributed by atoms with Crippen LogP contribution >= 0.6 is 0 Å². The summed E-state index contributed by atoms with van der Waals surface area (Å²) in [7, 11) is 0. The first kappa shape index (κ1) is 19.5. The predicted molar refractivity (Wildman–Crippen MR) is 111 cm³/mol. The number of rotatable bonds is 8. The van der Waals surface area contributed by atoms with Crippen LogP contribution < -0.4 is 5.32 Å². The molecule has 29 heavy (non-hydrogen) atoms. The zero-order valence-corrected chi connectivity index (χ0v) is 17.2. The van der Waals surface area contributed by atoms with E-state index in [9.17, 15) is 4.79 Å². The summed E-state index contributed by atoms with van der Waals surface area (Å²) in [6.07, 6.45) is 4.94. The Balaban J connectivity index is 1.66. The zero-order chi connectivity index (χ0) is 20.4. The number of nitrogens with one attached hydrogen (secondary N) is 1. The van der Waals surface area contributed by atoms with E-state index in [1.165, 1.54) is 0 Å². The van der Waals surface area contributed by atoms with Gasteiger partial charge < -0.3 is 10.1 Å². The zero-order valence-electron chi connectivity index (χ0n) is 17.2. The fourth-order valence-corrected chi connectivity index (χ4v) is 3.40. The normalized spacial score (nSPS) is 13.9. The Morgan fingerprint density at radius 2 is 2.17 bits per heavy atom. The highest BCUT2D eigenvalue weighted by molar-refractivity contribution is 6.06. The van der Waals surface area contributed by atoms with Crippen molar-refractivity contribution >= 4 is 16.9 Å². The van der Waals surface area contributed by atoms with Gasteiger partial charge in [0.05, 0.1) is 22.7 Å². The van der Waals surface area contributed by atoms with Gasteiger partial charge in [-0.15, -0.1) is 0 Å². The summed E-state index contributed by atoms with van der Waals surface area (Å²) in [4.78, 5) is 22.3. The summed E-state index contributed by atoms with van der Waals surface area (Å²) in [6.45, 7) is 7.13. The van der Waals surface area contributed by atoms with Gasteiger partial charge in [0.2, 0.25) is 0 Å². The average Bonchev–Trinajstić information content (AvgIpc) is 3.51. The SMILES string of the molecule is Cc1nn(-c2ccccn2)c2nc(C3CC3)cc(C(=O)NCCCOC(C)C)c12. The molecule has 0 atom stereocenters. The molecule has 0 unspecified atom stereocenters. The summed E-state index contributed by atoms with van der Waals surface area (Å²) < 4.78 is 7.29. The molecule has 0 spiro atoms. The summed E-state index contributed by atoms with van der Waals surface area (Å²) in [6, 6.07) is 7.62. The highest BCUT2D eigenvalue weighted by Gasteiger charge is 2.29. The molecule has 3 aromatic heterocycles. The molecule has 1 N–H and O–H groups in total. The van der Waals surface area contributed by atoms with Crippen molar-refractivity contribution in [3.8, 4) is 5.82 Å². The average molecular weight is 393 g/mol. The van der Waals surface area contributed by atoms with Gasteiger partial charge in [0.1, 0.15) is 0 Å². The van der Waals surface area contributed by atoms with Crippen LogP contribution in [0.3, 0.4) is 0 Å². The van der Waals surface area contributed by atoms with Crippen LogP contribution in [-0.2, 0) is 4.74 Å². The molecular weight excluding hydrogens is 366 g/mol. The van der Waals surface area contributed by atoms with E-state index in [0.29, 0.717) is 36.1 Å². The van der Waals surface area contributed by atoms with Gasteiger partial charge in [-0.2, -0.15) is 9.78 Å². The van der Waals surface area contributed by atoms with Crippen LogP contribution in [0.2, 0.25) is 0 Å². The van der Waals surface area contributed by atoms with Crippen molar-refractivity contribution in [3.63, 3.8) is 0 Å². The van der Waals surface area contributed by atoms with E-state index in [1.54, 1.807) is 10.9 Å². The second kappa shape index (κ2) is 8.29. The number of hydrogen-bond acceptors (Lipinski definition) is 5. The van der Waals surface area contributed by atoms with Crippen LogP contribution in [0.4, 0.5) is 0 Å². The Morgan fingerprint density at radius 3 is 2.86 bits per heavy atom. The molecule has 3 aromatic rings. The second-order valence-electron chi connectivity index (χ2n) is 7.78. The fourth-order valence-electron chi connectivity index (χ4n) is 3.40. The van der Waals surface area contributed by atoms with Gasteiger partial charge in [0, 0.05) is 31.0 Å². The molecule has 1 amide bonds. The van der Waals surface area contributed by atoms with Gasteiger partial charge in [0.15, 0.2) is 11.5 Å². The molecule has 1 aliphatic carbocycles. The summed E-state index contributed by atoms with van der Waals surface area (Å²) in [5, 5.41) is 8.46. The molecule has 3 heterocycles.